The summed E-state index contributed by atoms with van der Waals surface area (Å²) in [5.74, 6) is 0. The zero-order valence-electron chi connectivity index (χ0n) is 8.44. The van der Waals surface area contributed by atoms with Crippen LogP contribution >= 0.6 is 0 Å². The molecule has 0 bridgehead atoms. The maximum atomic E-state index is 4.24. The van der Waals surface area contributed by atoms with Crippen LogP contribution in [0.1, 0.15) is 0 Å². The molecule has 0 atom stereocenters. The van der Waals surface area contributed by atoms with Crippen molar-refractivity contribution in [2.75, 3.05) is 0 Å². The van der Waals surface area contributed by atoms with E-state index in [0.29, 0.717) is 0 Å². The maximum Gasteiger partial charge on any atom is 0.0971 e. The first-order valence-electron chi connectivity index (χ1n) is 5.19. The Morgan fingerprint density at radius 3 is 2.25 bits per heavy atom. The van der Waals surface area contributed by atoms with E-state index in [9.17, 15) is 0 Å². The van der Waals surface area contributed by atoms with Crippen molar-refractivity contribution in [1.29, 1.82) is 0 Å². The number of pyridine rings is 2. The number of hydrogen-bond acceptors (Lipinski definition) is 2. The molecule has 2 aromatic heterocycles. The average Bonchev–Trinajstić information content (AvgIpc) is 2.36. The van der Waals surface area contributed by atoms with Gasteiger partial charge >= 0.3 is 0 Å². The van der Waals surface area contributed by atoms with Gasteiger partial charge in [0.1, 0.15) is 0 Å². The minimum atomic E-state index is 1.07. The first kappa shape index (κ1) is 7.99. The van der Waals surface area contributed by atoms with Crippen molar-refractivity contribution >= 4 is 32.3 Å². The molecule has 0 N–H and O–H groups in total. The molecule has 2 heterocycles. The molecular weight excluding hydrogens is 196 g/mol. The van der Waals surface area contributed by atoms with Crippen LogP contribution in [0.2, 0.25) is 0 Å². The second-order valence-corrected chi connectivity index (χ2v) is 3.97. The van der Waals surface area contributed by atoms with Crippen LogP contribution in [0.25, 0.3) is 32.3 Å². The number of hydrogen-bond donors (Lipinski definition) is 0. The summed E-state index contributed by atoms with van der Waals surface area (Å²) in [5, 5.41) is 7.10. The second-order valence-electron chi connectivity index (χ2n) is 3.97. The third kappa shape index (κ3) is 0.865. The highest BCUT2D eigenvalue weighted by Gasteiger charge is 2.07. The topological polar surface area (TPSA) is 25.8 Å². The highest BCUT2D eigenvalue weighted by molar-refractivity contribution is 6.22. The predicted molar refractivity (Wildman–Crippen MR) is 64.6 cm³/mol. The van der Waals surface area contributed by atoms with Crippen molar-refractivity contribution in [1.82, 2.24) is 9.97 Å². The molecule has 73 valence electrons. The molecule has 16 heavy (non-hydrogen) atoms. The summed E-state index contributed by atoms with van der Waals surface area (Å²) in [6.45, 7) is 0. The Bertz CT molecular complexity index is 675. The van der Waals surface area contributed by atoms with Gasteiger partial charge in [0.2, 0.25) is 0 Å². The van der Waals surface area contributed by atoms with Gasteiger partial charge in [-0.2, -0.15) is 0 Å². The van der Waals surface area contributed by atoms with Crippen molar-refractivity contribution in [2.45, 2.75) is 0 Å². The molecule has 2 heteroatoms. The van der Waals surface area contributed by atoms with Gasteiger partial charge in [0.25, 0.3) is 0 Å². The summed E-state index contributed by atoms with van der Waals surface area (Å²) in [6.07, 6.45) is 8.71. The van der Waals surface area contributed by atoms with E-state index in [4.69, 9.17) is 0 Å². The Morgan fingerprint density at radius 2 is 1.44 bits per heavy atom. The van der Waals surface area contributed by atoms with Gasteiger partial charge in [-0.25, -0.2) is 0 Å². The van der Waals surface area contributed by atoms with E-state index in [2.05, 4.69) is 40.4 Å². The molecular formula is C14H7N2. The van der Waals surface area contributed by atoms with Gasteiger partial charge in [0, 0.05) is 50.9 Å². The minimum absolute atomic E-state index is 1.07. The van der Waals surface area contributed by atoms with E-state index >= 15 is 0 Å². The Morgan fingerprint density at radius 1 is 0.750 bits per heavy atom. The normalized spacial score (nSPS) is 11.8. The zero-order chi connectivity index (χ0) is 10.5. The van der Waals surface area contributed by atoms with E-state index in [1.807, 2.05) is 18.6 Å². The van der Waals surface area contributed by atoms with Gasteiger partial charge < -0.3 is 0 Å². The van der Waals surface area contributed by atoms with Crippen molar-refractivity contribution in [3.63, 3.8) is 0 Å². The molecule has 0 aliphatic heterocycles. The fourth-order valence-electron chi connectivity index (χ4n) is 2.36. The Balaban J connectivity index is 2.51. The lowest BCUT2D eigenvalue weighted by molar-refractivity contribution is 1.36. The third-order valence-electron chi connectivity index (χ3n) is 3.07. The van der Waals surface area contributed by atoms with Gasteiger partial charge in [-0.1, -0.05) is 24.3 Å². The number of rotatable bonds is 0. The van der Waals surface area contributed by atoms with Crippen LogP contribution in [-0.4, -0.2) is 9.97 Å². The Labute approximate surface area is 91.9 Å². The summed E-state index contributed by atoms with van der Waals surface area (Å²) in [6, 6.07) is 8.32. The molecule has 0 fully saturated rings. The molecule has 0 aliphatic rings. The van der Waals surface area contributed by atoms with Crippen LogP contribution in [0, 0.1) is 6.20 Å². The molecule has 2 nitrogen and oxygen atoms in total. The SMILES string of the molecule is [c]1ncc2ccc3cncc4ccc1c2c43. The molecule has 0 unspecified atom stereocenters. The first-order chi connectivity index (χ1) is 7.93. The average molecular weight is 203 g/mol. The lowest BCUT2D eigenvalue weighted by Crippen LogP contribution is -1.85. The summed E-state index contributed by atoms with van der Waals surface area (Å²) in [5.41, 5.74) is 0. The first-order valence-corrected chi connectivity index (χ1v) is 5.19. The summed E-state index contributed by atoms with van der Waals surface area (Å²) in [7, 11) is 0. The number of benzene rings is 2. The van der Waals surface area contributed by atoms with E-state index in [-0.39, 0.29) is 0 Å². The number of aromatic nitrogens is 2. The van der Waals surface area contributed by atoms with Crippen LogP contribution in [0.4, 0.5) is 0 Å². The van der Waals surface area contributed by atoms with Gasteiger partial charge in [-0.3, -0.25) is 9.97 Å². The highest BCUT2D eigenvalue weighted by Crippen LogP contribution is 2.32. The molecule has 0 aliphatic carbocycles. The molecule has 0 saturated heterocycles. The van der Waals surface area contributed by atoms with Crippen molar-refractivity contribution in [2.24, 2.45) is 0 Å². The van der Waals surface area contributed by atoms with Gasteiger partial charge in [-0.15, -0.1) is 0 Å². The molecule has 1 radical (unpaired) electrons. The molecule has 4 aromatic rings. The van der Waals surface area contributed by atoms with E-state index in [0.717, 1.165) is 10.8 Å². The van der Waals surface area contributed by atoms with Crippen LogP contribution < -0.4 is 0 Å². The smallest absolute Gasteiger partial charge is 0.0971 e. The van der Waals surface area contributed by atoms with E-state index in [1.54, 1.807) is 0 Å². The van der Waals surface area contributed by atoms with Gasteiger partial charge in [0.15, 0.2) is 0 Å². The standard InChI is InChI=1S/C14H7N2/c1-2-10-6-16-8-12-4-3-11-7-15-5-9(1)13(11)14(10)12/h1-7H. The van der Waals surface area contributed by atoms with Crippen LogP contribution in [-0.2, 0) is 0 Å². The van der Waals surface area contributed by atoms with Gasteiger partial charge in [-0.05, 0) is 0 Å². The minimum Gasteiger partial charge on any atom is -0.263 e. The predicted octanol–water partition coefficient (Wildman–Crippen LogP) is 3.17. The zero-order valence-corrected chi connectivity index (χ0v) is 8.44. The fraction of sp³-hybridized carbons (Fsp3) is 0. The quantitative estimate of drug-likeness (QED) is 0.410. The maximum absolute atomic E-state index is 4.24. The van der Waals surface area contributed by atoms with E-state index in [1.165, 1.54) is 21.5 Å². The summed E-state index contributed by atoms with van der Waals surface area (Å²) < 4.78 is 0. The van der Waals surface area contributed by atoms with Crippen LogP contribution in [0.15, 0.2) is 42.9 Å². The molecule has 2 aromatic carbocycles. The number of nitrogens with zero attached hydrogens (tertiary/aromatic N) is 2. The lowest BCUT2D eigenvalue weighted by atomic mass is 9.98. The lowest BCUT2D eigenvalue weighted by Gasteiger charge is -2.08. The molecule has 4 rings (SSSR count). The fourth-order valence-corrected chi connectivity index (χ4v) is 2.36. The van der Waals surface area contributed by atoms with Gasteiger partial charge in [0.05, 0.1) is 6.20 Å². The summed E-state index contributed by atoms with van der Waals surface area (Å²) >= 11 is 0. The van der Waals surface area contributed by atoms with Crippen molar-refractivity contribution in [3.05, 3.63) is 49.1 Å². The monoisotopic (exact) mass is 203 g/mol. The van der Waals surface area contributed by atoms with Crippen molar-refractivity contribution in [3.8, 4) is 0 Å². The third-order valence-corrected chi connectivity index (χ3v) is 3.07. The van der Waals surface area contributed by atoms with E-state index < -0.39 is 0 Å². The van der Waals surface area contributed by atoms with Crippen molar-refractivity contribution < 1.29 is 0 Å². The Hall–Kier alpha value is -2.22. The molecule has 0 amide bonds. The largest absolute Gasteiger partial charge is 0.263 e. The Kier molecular flexibility index (Phi) is 1.33. The summed E-state index contributed by atoms with van der Waals surface area (Å²) in [4.78, 5) is 8.37. The highest BCUT2D eigenvalue weighted by atomic mass is 14.6. The van der Waals surface area contributed by atoms with Crippen LogP contribution in [0.3, 0.4) is 0 Å². The molecule has 0 saturated carbocycles. The molecule has 0 spiro atoms. The van der Waals surface area contributed by atoms with Crippen LogP contribution in [0.5, 0.6) is 0 Å². The second kappa shape index (κ2) is 2.67.